The third-order valence-corrected chi connectivity index (χ3v) is 3.28. The fraction of sp³-hybridized carbons (Fsp3) is 0.429. The van der Waals surface area contributed by atoms with Gasteiger partial charge in [-0.05, 0) is 18.4 Å². The van der Waals surface area contributed by atoms with Crippen molar-refractivity contribution >= 4 is 23.5 Å². The van der Waals surface area contributed by atoms with Gasteiger partial charge in [-0.3, -0.25) is 4.79 Å². The predicted octanol–water partition coefficient (Wildman–Crippen LogP) is 2.50. The van der Waals surface area contributed by atoms with Crippen molar-refractivity contribution in [1.82, 2.24) is 5.32 Å². The highest BCUT2D eigenvalue weighted by atomic mass is 35.5. The summed E-state index contributed by atoms with van der Waals surface area (Å²) in [5.74, 6) is -1.76. The summed E-state index contributed by atoms with van der Waals surface area (Å²) in [6, 6.07) is 6.30. The molecule has 1 rings (SSSR count). The van der Waals surface area contributed by atoms with E-state index in [4.69, 9.17) is 16.7 Å². The van der Waals surface area contributed by atoms with Gasteiger partial charge in [-0.25, -0.2) is 4.79 Å². The molecule has 0 spiro atoms. The smallest absolute Gasteiger partial charge is 0.326 e. The quantitative estimate of drug-likeness (QED) is 0.816. The van der Waals surface area contributed by atoms with E-state index < -0.39 is 23.3 Å². The van der Waals surface area contributed by atoms with Crippen LogP contribution in [0.5, 0.6) is 0 Å². The summed E-state index contributed by atoms with van der Waals surface area (Å²) in [5, 5.41) is 10.6. The summed E-state index contributed by atoms with van der Waals surface area (Å²) in [7, 11) is 0. The van der Waals surface area contributed by atoms with Crippen LogP contribution in [0.25, 0.3) is 0 Å². The third-order valence-electron chi connectivity index (χ3n) is 2.83. The monoisotopic (exact) mass is 283 g/mol. The maximum atomic E-state index is 11.9. The number of aryl methyl sites for hydroxylation is 1. The summed E-state index contributed by atoms with van der Waals surface area (Å²) < 4.78 is 0. The first kappa shape index (κ1) is 15.5. The largest absolute Gasteiger partial charge is 0.480 e. The number of nitrogens with one attached hydrogen (secondary N) is 1. The van der Waals surface area contributed by atoms with Crippen molar-refractivity contribution in [2.45, 2.75) is 32.2 Å². The van der Waals surface area contributed by atoms with Gasteiger partial charge in [0.15, 0.2) is 0 Å². The van der Waals surface area contributed by atoms with Crippen LogP contribution in [-0.4, -0.2) is 23.0 Å². The minimum absolute atomic E-state index is 0.205. The first-order chi connectivity index (χ1) is 8.82. The molecular weight excluding hydrogens is 266 g/mol. The van der Waals surface area contributed by atoms with E-state index in [-0.39, 0.29) is 5.92 Å². The molecule has 0 fully saturated rings. The molecule has 4 nitrogen and oxygen atoms in total. The molecule has 0 aliphatic carbocycles. The zero-order valence-electron chi connectivity index (χ0n) is 11.2. The Bertz CT molecular complexity index is 456. The van der Waals surface area contributed by atoms with Crippen LogP contribution in [0.3, 0.4) is 0 Å². The molecule has 19 heavy (non-hydrogen) atoms. The van der Waals surface area contributed by atoms with Crippen molar-refractivity contribution in [2.75, 3.05) is 0 Å². The molecule has 2 atom stereocenters. The van der Waals surface area contributed by atoms with Gasteiger partial charge in [-0.1, -0.05) is 43.7 Å². The SMILES string of the molecule is Cc1ccc(C(Cl)C(=O)NC(C(=O)O)C(C)C)cc1. The van der Waals surface area contributed by atoms with E-state index >= 15 is 0 Å². The summed E-state index contributed by atoms with van der Waals surface area (Å²) in [6.07, 6.45) is 0. The molecule has 2 N–H and O–H groups in total. The second kappa shape index (κ2) is 6.57. The van der Waals surface area contributed by atoms with Crippen molar-refractivity contribution < 1.29 is 14.7 Å². The predicted molar refractivity (Wildman–Crippen MR) is 74.2 cm³/mol. The average molecular weight is 284 g/mol. The zero-order chi connectivity index (χ0) is 14.6. The van der Waals surface area contributed by atoms with Crippen molar-refractivity contribution in [3.05, 3.63) is 35.4 Å². The Labute approximate surface area is 117 Å². The lowest BCUT2D eigenvalue weighted by atomic mass is 10.0. The van der Waals surface area contributed by atoms with Crippen LogP contribution in [0.15, 0.2) is 24.3 Å². The second-order valence-electron chi connectivity index (χ2n) is 4.84. The molecule has 0 bridgehead atoms. The standard InChI is InChI=1S/C14H18ClNO3/c1-8(2)12(14(18)19)16-13(17)11(15)10-6-4-9(3)5-7-10/h4-8,11-12H,1-3H3,(H,16,17)(H,18,19). The Morgan fingerprint density at radius 2 is 1.74 bits per heavy atom. The number of halogens is 1. The third kappa shape index (κ3) is 4.24. The van der Waals surface area contributed by atoms with Crippen molar-refractivity contribution in [3.63, 3.8) is 0 Å². The second-order valence-corrected chi connectivity index (χ2v) is 5.28. The number of carboxylic acid groups (broad SMARTS) is 1. The van der Waals surface area contributed by atoms with Crippen LogP contribution < -0.4 is 5.32 Å². The highest BCUT2D eigenvalue weighted by Crippen LogP contribution is 2.21. The van der Waals surface area contributed by atoms with Crippen LogP contribution >= 0.6 is 11.6 Å². The van der Waals surface area contributed by atoms with Crippen LogP contribution in [0.4, 0.5) is 0 Å². The molecule has 1 aromatic carbocycles. The highest BCUT2D eigenvalue weighted by Gasteiger charge is 2.27. The number of hydrogen-bond acceptors (Lipinski definition) is 2. The number of rotatable bonds is 5. The minimum Gasteiger partial charge on any atom is -0.480 e. The number of carbonyl (C=O) groups is 2. The first-order valence-electron chi connectivity index (χ1n) is 6.06. The molecule has 0 radical (unpaired) electrons. The van der Waals surface area contributed by atoms with Crippen LogP contribution in [0.1, 0.15) is 30.4 Å². The van der Waals surface area contributed by atoms with Gasteiger partial charge in [0.1, 0.15) is 11.4 Å². The van der Waals surface area contributed by atoms with E-state index in [2.05, 4.69) is 5.32 Å². The summed E-state index contributed by atoms with van der Waals surface area (Å²) in [6.45, 7) is 5.40. The maximum absolute atomic E-state index is 11.9. The van der Waals surface area contributed by atoms with Gasteiger partial charge in [0.05, 0.1) is 0 Å². The van der Waals surface area contributed by atoms with Crippen LogP contribution in [0.2, 0.25) is 0 Å². The average Bonchev–Trinajstić information content (AvgIpc) is 2.34. The van der Waals surface area contributed by atoms with Gasteiger partial charge in [0.25, 0.3) is 0 Å². The summed E-state index contributed by atoms with van der Waals surface area (Å²) in [4.78, 5) is 23.0. The summed E-state index contributed by atoms with van der Waals surface area (Å²) in [5.41, 5.74) is 1.72. The Morgan fingerprint density at radius 1 is 1.21 bits per heavy atom. The van der Waals surface area contributed by atoms with E-state index in [9.17, 15) is 9.59 Å². The lowest BCUT2D eigenvalue weighted by molar-refractivity contribution is -0.143. The Hall–Kier alpha value is -1.55. The van der Waals surface area contributed by atoms with E-state index in [1.54, 1.807) is 26.0 Å². The molecule has 0 saturated carbocycles. The number of hydrogen-bond donors (Lipinski definition) is 2. The van der Waals surface area contributed by atoms with E-state index in [0.717, 1.165) is 5.56 Å². The number of alkyl halides is 1. The molecule has 104 valence electrons. The fourth-order valence-electron chi connectivity index (χ4n) is 1.63. The van der Waals surface area contributed by atoms with Gasteiger partial charge < -0.3 is 10.4 Å². The Balaban J connectivity index is 2.77. The van der Waals surface area contributed by atoms with Crippen LogP contribution in [0, 0.1) is 12.8 Å². The molecule has 2 unspecified atom stereocenters. The number of benzene rings is 1. The Morgan fingerprint density at radius 3 is 2.16 bits per heavy atom. The normalized spacial score (nSPS) is 13.9. The molecule has 0 saturated heterocycles. The number of carboxylic acids is 1. The Kier molecular flexibility index (Phi) is 5.36. The molecular formula is C14H18ClNO3. The minimum atomic E-state index is -1.06. The van der Waals surface area contributed by atoms with E-state index in [1.165, 1.54) is 0 Å². The van der Waals surface area contributed by atoms with Gasteiger partial charge in [0, 0.05) is 0 Å². The molecule has 5 heteroatoms. The molecule has 0 aliphatic rings. The lowest BCUT2D eigenvalue weighted by Gasteiger charge is -2.19. The first-order valence-corrected chi connectivity index (χ1v) is 6.50. The van der Waals surface area contributed by atoms with Gasteiger partial charge in [-0.15, -0.1) is 11.6 Å². The highest BCUT2D eigenvalue weighted by molar-refractivity contribution is 6.30. The lowest BCUT2D eigenvalue weighted by Crippen LogP contribution is -2.45. The van der Waals surface area contributed by atoms with Crippen molar-refractivity contribution in [3.8, 4) is 0 Å². The van der Waals surface area contributed by atoms with Crippen molar-refractivity contribution in [2.24, 2.45) is 5.92 Å². The van der Waals surface area contributed by atoms with E-state index in [1.807, 2.05) is 19.1 Å². The van der Waals surface area contributed by atoms with Gasteiger partial charge in [0.2, 0.25) is 5.91 Å². The molecule has 0 aliphatic heterocycles. The van der Waals surface area contributed by atoms with Crippen molar-refractivity contribution in [1.29, 1.82) is 0 Å². The zero-order valence-corrected chi connectivity index (χ0v) is 11.9. The molecule has 1 amide bonds. The maximum Gasteiger partial charge on any atom is 0.326 e. The van der Waals surface area contributed by atoms with Gasteiger partial charge >= 0.3 is 5.97 Å². The molecule has 1 aromatic rings. The fourth-order valence-corrected chi connectivity index (χ4v) is 1.84. The number of aliphatic carboxylic acids is 1. The van der Waals surface area contributed by atoms with Gasteiger partial charge in [-0.2, -0.15) is 0 Å². The summed E-state index contributed by atoms with van der Waals surface area (Å²) >= 11 is 6.06. The number of carbonyl (C=O) groups excluding carboxylic acids is 1. The van der Waals surface area contributed by atoms with E-state index in [0.29, 0.717) is 5.56 Å². The molecule has 0 aromatic heterocycles. The molecule has 0 heterocycles. The van der Waals surface area contributed by atoms with Crippen LogP contribution in [-0.2, 0) is 9.59 Å². The number of amides is 1. The topological polar surface area (TPSA) is 66.4 Å².